The van der Waals surface area contributed by atoms with Crippen LogP contribution in [0.3, 0.4) is 0 Å². The molecule has 0 aliphatic heterocycles. The summed E-state index contributed by atoms with van der Waals surface area (Å²) in [6.07, 6.45) is 0. The molecule has 0 fully saturated rings. The molecule has 0 atom stereocenters. The zero-order valence-corrected chi connectivity index (χ0v) is 34.3. The minimum atomic E-state index is -0.0630. The van der Waals surface area contributed by atoms with Gasteiger partial charge >= 0.3 is 0 Å². The van der Waals surface area contributed by atoms with Gasteiger partial charge < -0.3 is 13.7 Å². The Morgan fingerprint density at radius 3 is 1.65 bits per heavy atom. The highest BCUT2D eigenvalue weighted by atomic mass is 16.3. The Kier molecular flexibility index (Phi) is 7.36. The number of fused-ring (bicyclic) bond motifs is 13. The zero-order valence-electron chi connectivity index (χ0n) is 34.3. The maximum absolute atomic E-state index is 6.76. The third-order valence-corrected chi connectivity index (χ3v) is 13.5. The SMILES string of the molecule is CC1(C)c2ccccc2-c2c(-c3ccc(N(c4ccc(-c5cccc6c5oc5c7ccccc7ccc65)cc4)c4cccc5oc6c7ccccc7ccc6c45)cc3)cccc21. The second-order valence-electron chi connectivity index (χ2n) is 17.2. The Hall–Kier alpha value is -7.88. The lowest BCUT2D eigenvalue weighted by atomic mass is 9.82. The Morgan fingerprint density at radius 1 is 0.371 bits per heavy atom. The standard InChI is InChI=1S/C59H39NO2/c1-59(2)50-20-8-7-16-48(50)54-42(17-10-21-51(54)59)38-24-30-40(31-25-38)60(52-22-11-23-53-55(52)49-35-29-37-13-4-6-15-44(37)58(49)61-53)41-32-26-39(27-33-41)45-18-9-19-46-47-34-28-36-12-3-5-14-43(36)57(47)62-56(45)46/h3-35H,1-2H3. The molecule has 12 aromatic rings. The van der Waals surface area contributed by atoms with Gasteiger partial charge in [0.05, 0.1) is 11.1 Å². The third kappa shape index (κ3) is 5.00. The first kappa shape index (κ1) is 34.9. The van der Waals surface area contributed by atoms with E-state index in [9.17, 15) is 0 Å². The molecule has 0 amide bonds. The molecule has 0 saturated heterocycles. The van der Waals surface area contributed by atoms with Gasteiger partial charge in [0.2, 0.25) is 0 Å². The van der Waals surface area contributed by atoms with Crippen molar-refractivity contribution in [3.63, 3.8) is 0 Å². The van der Waals surface area contributed by atoms with Crippen molar-refractivity contribution in [2.75, 3.05) is 4.90 Å². The summed E-state index contributed by atoms with van der Waals surface area (Å²) in [6, 6.07) is 72.3. The number of hydrogen-bond acceptors (Lipinski definition) is 3. The lowest BCUT2D eigenvalue weighted by molar-refractivity contribution is 0.660. The van der Waals surface area contributed by atoms with E-state index in [0.717, 1.165) is 88.2 Å². The second kappa shape index (κ2) is 13.1. The van der Waals surface area contributed by atoms with E-state index < -0.39 is 0 Å². The summed E-state index contributed by atoms with van der Waals surface area (Å²) in [5, 5.41) is 9.01. The van der Waals surface area contributed by atoms with Crippen LogP contribution in [0.2, 0.25) is 0 Å². The van der Waals surface area contributed by atoms with Gasteiger partial charge in [-0.15, -0.1) is 0 Å². The van der Waals surface area contributed by atoms with Crippen LogP contribution in [0.5, 0.6) is 0 Å². The molecule has 0 bridgehead atoms. The normalized spacial score (nSPS) is 13.1. The van der Waals surface area contributed by atoms with E-state index in [-0.39, 0.29) is 5.41 Å². The maximum atomic E-state index is 6.76. The van der Waals surface area contributed by atoms with E-state index in [4.69, 9.17) is 8.83 Å². The molecule has 10 aromatic carbocycles. The van der Waals surface area contributed by atoms with Crippen molar-refractivity contribution in [1.29, 1.82) is 0 Å². The summed E-state index contributed by atoms with van der Waals surface area (Å²) in [6.45, 7) is 4.69. The first-order valence-electron chi connectivity index (χ1n) is 21.4. The molecule has 1 aliphatic carbocycles. The van der Waals surface area contributed by atoms with Crippen molar-refractivity contribution in [1.82, 2.24) is 0 Å². The number of rotatable bonds is 5. The fourth-order valence-electron chi connectivity index (χ4n) is 10.5. The Bertz CT molecular complexity index is 3770. The molecule has 2 heterocycles. The Balaban J connectivity index is 0.976. The number of hydrogen-bond donors (Lipinski definition) is 0. The molecule has 0 spiro atoms. The summed E-state index contributed by atoms with van der Waals surface area (Å²) in [4.78, 5) is 2.38. The van der Waals surface area contributed by atoms with Gasteiger partial charge in [0, 0.05) is 49.3 Å². The smallest absolute Gasteiger partial charge is 0.143 e. The average molecular weight is 794 g/mol. The van der Waals surface area contributed by atoms with Crippen molar-refractivity contribution in [2.24, 2.45) is 0 Å². The van der Waals surface area contributed by atoms with Crippen LogP contribution in [0.15, 0.2) is 209 Å². The summed E-state index contributed by atoms with van der Waals surface area (Å²) in [5.41, 5.74) is 16.7. The van der Waals surface area contributed by atoms with Crippen molar-refractivity contribution in [3.8, 4) is 33.4 Å². The van der Waals surface area contributed by atoms with Crippen LogP contribution in [0.1, 0.15) is 25.0 Å². The minimum Gasteiger partial charge on any atom is -0.455 e. The van der Waals surface area contributed by atoms with Gasteiger partial charge in [0.15, 0.2) is 0 Å². The van der Waals surface area contributed by atoms with Crippen LogP contribution in [-0.4, -0.2) is 0 Å². The predicted octanol–water partition coefficient (Wildman–Crippen LogP) is 16.9. The van der Waals surface area contributed by atoms with Gasteiger partial charge in [-0.1, -0.05) is 166 Å². The van der Waals surface area contributed by atoms with Crippen LogP contribution in [0, 0.1) is 0 Å². The molecule has 2 aromatic heterocycles. The zero-order chi connectivity index (χ0) is 41.1. The molecular weight excluding hydrogens is 755 g/mol. The molecule has 3 heteroatoms. The highest BCUT2D eigenvalue weighted by Gasteiger charge is 2.36. The quantitative estimate of drug-likeness (QED) is 0.174. The molecule has 1 aliphatic rings. The first-order valence-corrected chi connectivity index (χ1v) is 21.4. The van der Waals surface area contributed by atoms with Crippen molar-refractivity contribution < 1.29 is 8.83 Å². The number of anilines is 3. The number of benzene rings is 10. The fraction of sp³-hybridized carbons (Fsp3) is 0.0508. The van der Waals surface area contributed by atoms with Crippen LogP contribution < -0.4 is 4.90 Å². The highest BCUT2D eigenvalue weighted by molar-refractivity contribution is 6.20. The minimum absolute atomic E-state index is 0.0630. The number of nitrogens with zero attached hydrogens (tertiary/aromatic N) is 1. The van der Waals surface area contributed by atoms with Gasteiger partial charge in [0.25, 0.3) is 0 Å². The van der Waals surface area contributed by atoms with Gasteiger partial charge in [-0.3, -0.25) is 0 Å². The van der Waals surface area contributed by atoms with Gasteiger partial charge in [-0.05, 0) is 98.2 Å². The lowest BCUT2D eigenvalue weighted by Gasteiger charge is -2.27. The predicted molar refractivity (Wildman–Crippen MR) is 259 cm³/mol. The summed E-state index contributed by atoms with van der Waals surface area (Å²) in [7, 11) is 0. The highest BCUT2D eigenvalue weighted by Crippen LogP contribution is 2.52. The molecule has 0 saturated carbocycles. The average Bonchev–Trinajstić information content (AvgIpc) is 3.98. The van der Waals surface area contributed by atoms with Crippen molar-refractivity contribution in [3.05, 3.63) is 211 Å². The van der Waals surface area contributed by atoms with E-state index in [0.29, 0.717) is 0 Å². The Morgan fingerprint density at radius 2 is 0.903 bits per heavy atom. The molecule has 0 unspecified atom stereocenters. The molecule has 13 rings (SSSR count). The summed E-state index contributed by atoms with van der Waals surface area (Å²) >= 11 is 0. The number of para-hydroxylation sites is 1. The van der Waals surface area contributed by atoms with Gasteiger partial charge in [-0.2, -0.15) is 0 Å². The van der Waals surface area contributed by atoms with Crippen LogP contribution in [0.4, 0.5) is 17.1 Å². The Labute approximate surface area is 358 Å². The van der Waals surface area contributed by atoms with Crippen LogP contribution in [0.25, 0.3) is 98.8 Å². The largest absolute Gasteiger partial charge is 0.455 e. The summed E-state index contributed by atoms with van der Waals surface area (Å²) in [5.74, 6) is 0. The lowest BCUT2D eigenvalue weighted by Crippen LogP contribution is -2.14. The van der Waals surface area contributed by atoms with Crippen molar-refractivity contribution in [2.45, 2.75) is 19.3 Å². The van der Waals surface area contributed by atoms with Crippen molar-refractivity contribution >= 4 is 82.5 Å². The maximum Gasteiger partial charge on any atom is 0.143 e. The van der Waals surface area contributed by atoms with E-state index >= 15 is 0 Å². The topological polar surface area (TPSA) is 29.5 Å². The van der Waals surface area contributed by atoms with E-state index in [1.165, 1.54) is 38.8 Å². The first-order chi connectivity index (χ1) is 30.5. The van der Waals surface area contributed by atoms with E-state index in [2.05, 4.69) is 219 Å². The van der Waals surface area contributed by atoms with E-state index in [1.54, 1.807) is 0 Å². The second-order valence-corrected chi connectivity index (χ2v) is 17.2. The molecule has 3 nitrogen and oxygen atoms in total. The molecule has 292 valence electrons. The van der Waals surface area contributed by atoms with Gasteiger partial charge in [-0.25, -0.2) is 0 Å². The third-order valence-electron chi connectivity index (χ3n) is 13.5. The number of furan rings is 2. The van der Waals surface area contributed by atoms with E-state index in [1.807, 2.05) is 0 Å². The fourth-order valence-corrected chi connectivity index (χ4v) is 10.5. The monoisotopic (exact) mass is 793 g/mol. The molecule has 0 N–H and O–H groups in total. The summed E-state index contributed by atoms with van der Waals surface area (Å²) < 4.78 is 13.5. The molecule has 62 heavy (non-hydrogen) atoms. The van der Waals surface area contributed by atoms with Crippen LogP contribution in [-0.2, 0) is 5.41 Å². The van der Waals surface area contributed by atoms with Crippen LogP contribution >= 0.6 is 0 Å². The van der Waals surface area contributed by atoms with Gasteiger partial charge in [0.1, 0.15) is 22.3 Å². The molecule has 0 radical (unpaired) electrons. The molecular formula is C59H39NO2.